The monoisotopic (exact) mass is 302 g/mol. The molecule has 1 atom stereocenters. The molecule has 2 heterocycles. The van der Waals surface area contributed by atoms with Gasteiger partial charge < -0.3 is 10.7 Å². The first-order valence-electron chi connectivity index (χ1n) is 5.90. The maximum absolute atomic E-state index is 13.9. The number of nitrogens with zero attached hydrogens (tertiary/aromatic N) is 1. The molecule has 0 spiro atoms. The fourth-order valence-electron chi connectivity index (χ4n) is 2.17. The van der Waals surface area contributed by atoms with Crippen LogP contribution < -0.4 is 16.6 Å². The van der Waals surface area contributed by atoms with Crippen molar-refractivity contribution >= 4 is 21.6 Å². The first kappa shape index (κ1) is 14.7. The summed E-state index contributed by atoms with van der Waals surface area (Å²) in [6.45, 7) is 1.62. The van der Waals surface area contributed by atoms with Gasteiger partial charge in [0.25, 0.3) is 5.91 Å². The van der Waals surface area contributed by atoms with Crippen molar-refractivity contribution in [3.05, 3.63) is 23.6 Å². The van der Waals surface area contributed by atoms with Crippen LogP contribution in [0.4, 0.5) is 10.2 Å². The summed E-state index contributed by atoms with van der Waals surface area (Å²) in [6, 6.07) is 1.21. The van der Waals surface area contributed by atoms with Crippen LogP contribution in [-0.4, -0.2) is 36.4 Å². The molecule has 1 fully saturated rings. The molecule has 1 aliphatic rings. The summed E-state index contributed by atoms with van der Waals surface area (Å²) in [5.74, 6) is 3.12. The van der Waals surface area contributed by atoms with Crippen LogP contribution in [-0.2, 0) is 9.84 Å². The molecule has 1 unspecified atom stereocenters. The van der Waals surface area contributed by atoms with Crippen molar-refractivity contribution < 1.29 is 17.6 Å². The smallest absolute Gasteiger partial charge is 0.254 e. The zero-order valence-electron chi connectivity index (χ0n) is 10.8. The molecule has 1 aromatic heterocycles. The number of nitrogens with one attached hydrogen (secondary N) is 2. The molecule has 2 rings (SSSR count). The SMILES string of the molecule is CC1(NC(=O)c2ccnc(NN)c2F)CCS(=O)(=O)C1. The average Bonchev–Trinajstić information content (AvgIpc) is 2.63. The molecule has 1 aromatic rings. The fraction of sp³-hybridized carbons (Fsp3) is 0.455. The van der Waals surface area contributed by atoms with Crippen LogP contribution in [0.1, 0.15) is 23.7 Å². The number of nitrogens with two attached hydrogens (primary N) is 1. The molecule has 9 heteroatoms. The van der Waals surface area contributed by atoms with Gasteiger partial charge in [-0.25, -0.2) is 23.6 Å². The Hall–Kier alpha value is -1.74. The Labute approximate surface area is 115 Å². The predicted molar refractivity (Wildman–Crippen MR) is 71.1 cm³/mol. The molecular weight excluding hydrogens is 287 g/mol. The summed E-state index contributed by atoms with van der Waals surface area (Å²) in [5, 5.41) is 2.56. The third kappa shape index (κ3) is 2.88. The van der Waals surface area contributed by atoms with Gasteiger partial charge in [0.15, 0.2) is 21.5 Å². The highest BCUT2D eigenvalue weighted by atomic mass is 32.2. The number of hydrogen-bond acceptors (Lipinski definition) is 6. The quantitative estimate of drug-likeness (QED) is 0.527. The standard InChI is InChI=1S/C11H15FN4O3S/c1-11(3-5-20(18,19)6-11)15-10(17)7-2-4-14-9(16-13)8(7)12/h2,4H,3,5-6,13H2,1H3,(H,14,16)(H,15,17). The van der Waals surface area contributed by atoms with Gasteiger partial charge in [0.2, 0.25) is 0 Å². The van der Waals surface area contributed by atoms with E-state index in [1.807, 2.05) is 5.43 Å². The summed E-state index contributed by atoms with van der Waals surface area (Å²) in [6.07, 6.45) is 1.54. The van der Waals surface area contributed by atoms with Gasteiger partial charge in [-0.1, -0.05) is 0 Å². The largest absolute Gasteiger partial charge is 0.346 e. The minimum Gasteiger partial charge on any atom is -0.346 e. The van der Waals surface area contributed by atoms with E-state index in [0.29, 0.717) is 6.42 Å². The van der Waals surface area contributed by atoms with E-state index >= 15 is 0 Å². The number of hydrogen-bond donors (Lipinski definition) is 3. The lowest BCUT2D eigenvalue weighted by molar-refractivity contribution is 0.0911. The van der Waals surface area contributed by atoms with Crippen LogP contribution in [0.3, 0.4) is 0 Å². The van der Waals surface area contributed by atoms with Crippen molar-refractivity contribution in [2.75, 3.05) is 16.9 Å². The minimum atomic E-state index is -3.16. The van der Waals surface area contributed by atoms with Crippen LogP contribution in [0.2, 0.25) is 0 Å². The van der Waals surface area contributed by atoms with Gasteiger partial charge in [-0.3, -0.25) is 4.79 Å². The molecule has 1 saturated heterocycles. The first-order valence-corrected chi connectivity index (χ1v) is 7.72. The Morgan fingerprint density at radius 3 is 2.80 bits per heavy atom. The number of halogens is 1. The Bertz CT molecular complexity index is 649. The molecular formula is C11H15FN4O3S. The van der Waals surface area contributed by atoms with E-state index in [0.717, 1.165) is 0 Å². The Balaban J connectivity index is 2.21. The number of anilines is 1. The zero-order valence-corrected chi connectivity index (χ0v) is 11.6. The summed E-state index contributed by atoms with van der Waals surface area (Å²) in [4.78, 5) is 15.7. The number of sulfone groups is 1. The van der Waals surface area contributed by atoms with Gasteiger partial charge >= 0.3 is 0 Å². The van der Waals surface area contributed by atoms with Crippen LogP contribution in [0, 0.1) is 5.82 Å². The van der Waals surface area contributed by atoms with Crippen LogP contribution >= 0.6 is 0 Å². The number of nitrogen functional groups attached to an aromatic ring is 1. The second-order valence-corrected chi connectivity index (χ2v) is 7.21. The van der Waals surface area contributed by atoms with E-state index in [2.05, 4.69) is 10.3 Å². The van der Waals surface area contributed by atoms with Gasteiger partial charge in [-0.15, -0.1) is 0 Å². The second kappa shape index (κ2) is 4.98. The van der Waals surface area contributed by atoms with E-state index in [4.69, 9.17) is 5.84 Å². The number of rotatable bonds is 3. The maximum atomic E-state index is 13.9. The van der Waals surface area contributed by atoms with Crippen molar-refractivity contribution in [3.63, 3.8) is 0 Å². The molecule has 110 valence electrons. The highest BCUT2D eigenvalue weighted by Crippen LogP contribution is 2.24. The van der Waals surface area contributed by atoms with Gasteiger partial charge in [0.1, 0.15) is 0 Å². The molecule has 4 N–H and O–H groups in total. The molecule has 0 aromatic carbocycles. The van der Waals surface area contributed by atoms with Crippen molar-refractivity contribution in [3.8, 4) is 0 Å². The molecule has 0 saturated carbocycles. The fourth-order valence-corrected chi connectivity index (χ4v) is 4.26. The maximum Gasteiger partial charge on any atom is 0.254 e. The normalized spacial score (nSPS) is 24.4. The Kier molecular flexibility index (Phi) is 3.65. The molecule has 1 amide bonds. The van der Waals surface area contributed by atoms with Gasteiger partial charge in [0.05, 0.1) is 22.6 Å². The number of hydrazine groups is 1. The van der Waals surface area contributed by atoms with Crippen LogP contribution in [0.25, 0.3) is 0 Å². The lowest BCUT2D eigenvalue weighted by Gasteiger charge is -2.24. The summed E-state index contributed by atoms with van der Waals surface area (Å²) >= 11 is 0. The molecule has 7 nitrogen and oxygen atoms in total. The molecule has 0 bridgehead atoms. The van der Waals surface area contributed by atoms with Gasteiger partial charge in [-0.05, 0) is 19.4 Å². The minimum absolute atomic E-state index is 0.0121. The summed E-state index contributed by atoms with van der Waals surface area (Å²) in [5.41, 5.74) is 0.920. The second-order valence-electron chi connectivity index (χ2n) is 5.02. The van der Waals surface area contributed by atoms with E-state index in [9.17, 15) is 17.6 Å². The number of carbonyl (C=O) groups is 1. The van der Waals surface area contributed by atoms with Gasteiger partial charge in [0, 0.05) is 6.20 Å². The van der Waals surface area contributed by atoms with E-state index in [-0.39, 0.29) is 22.9 Å². The van der Waals surface area contributed by atoms with Crippen molar-refractivity contribution in [1.82, 2.24) is 10.3 Å². The van der Waals surface area contributed by atoms with E-state index in [1.165, 1.54) is 12.3 Å². The molecule has 1 aliphatic heterocycles. The van der Waals surface area contributed by atoms with Crippen molar-refractivity contribution in [2.45, 2.75) is 18.9 Å². The van der Waals surface area contributed by atoms with Crippen molar-refractivity contribution in [2.24, 2.45) is 5.84 Å². The first-order chi connectivity index (χ1) is 9.26. The average molecular weight is 302 g/mol. The van der Waals surface area contributed by atoms with Gasteiger partial charge in [-0.2, -0.15) is 0 Å². The number of pyridine rings is 1. The van der Waals surface area contributed by atoms with E-state index < -0.39 is 27.1 Å². The van der Waals surface area contributed by atoms with Crippen LogP contribution in [0.15, 0.2) is 12.3 Å². The van der Waals surface area contributed by atoms with Crippen LogP contribution in [0.5, 0.6) is 0 Å². The highest BCUT2D eigenvalue weighted by molar-refractivity contribution is 7.91. The number of carbonyl (C=O) groups excluding carboxylic acids is 1. The Morgan fingerprint density at radius 1 is 1.55 bits per heavy atom. The predicted octanol–water partition coefficient (Wildman–Crippen LogP) is -0.187. The third-order valence-electron chi connectivity index (χ3n) is 3.19. The number of aromatic nitrogens is 1. The molecule has 0 radical (unpaired) electrons. The lowest BCUT2D eigenvalue weighted by Crippen LogP contribution is -2.47. The topological polar surface area (TPSA) is 114 Å². The van der Waals surface area contributed by atoms with Crippen molar-refractivity contribution in [1.29, 1.82) is 0 Å². The third-order valence-corrected chi connectivity index (χ3v) is 5.09. The number of amides is 1. The highest BCUT2D eigenvalue weighted by Gasteiger charge is 2.39. The molecule has 20 heavy (non-hydrogen) atoms. The Morgan fingerprint density at radius 2 is 2.25 bits per heavy atom. The zero-order chi connectivity index (χ0) is 15.0. The lowest BCUT2D eigenvalue weighted by atomic mass is 10.0. The molecule has 0 aliphatic carbocycles. The summed E-state index contributed by atoms with van der Waals surface area (Å²) < 4.78 is 36.8. The van der Waals surface area contributed by atoms with E-state index in [1.54, 1.807) is 6.92 Å². The summed E-state index contributed by atoms with van der Waals surface area (Å²) in [7, 11) is -3.16.